The van der Waals surface area contributed by atoms with Crippen molar-refractivity contribution >= 4 is 11.9 Å². The predicted molar refractivity (Wildman–Crippen MR) is 255 cm³/mol. The predicted octanol–water partition coefficient (Wildman–Crippen LogP) is 14.6. The molecule has 3 unspecified atom stereocenters. The van der Waals surface area contributed by atoms with E-state index < -0.39 is 18.2 Å². The van der Waals surface area contributed by atoms with E-state index in [1.54, 1.807) is 0 Å². The van der Waals surface area contributed by atoms with E-state index in [0.29, 0.717) is 19.3 Å². The molecule has 0 aromatic rings. The second kappa shape index (κ2) is 46.4. The van der Waals surface area contributed by atoms with E-state index >= 15 is 0 Å². The van der Waals surface area contributed by atoms with Crippen LogP contribution in [0.4, 0.5) is 0 Å². The van der Waals surface area contributed by atoms with E-state index in [2.05, 4.69) is 99.0 Å². The van der Waals surface area contributed by atoms with Gasteiger partial charge in [0.15, 0.2) is 0 Å². The molecule has 0 aliphatic rings. The summed E-state index contributed by atoms with van der Waals surface area (Å²) in [6.45, 7) is 6.28. The number of esters is 1. The molecule has 0 aromatic heterocycles. The van der Waals surface area contributed by atoms with Crippen molar-refractivity contribution in [2.24, 2.45) is 0 Å². The maximum absolute atomic E-state index is 13.2. The highest BCUT2D eigenvalue weighted by molar-refractivity contribution is 5.77. The third-order valence-electron chi connectivity index (χ3n) is 10.8. The summed E-state index contributed by atoms with van der Waals surface area (Å²) < 4.78 is 5.88. The van der Waals surface area contributed by atoms with E-state index in [-0.39, 0.29) is 24.9 Å². The van der Waals surface area contributed by atoms with E-state index in [4.69, 9.17) is 4.74 Å². The quantitative estimate of drug-likeness (QED) is 0.0323. The molecule has 0 heterocycles. The minimum atomic E-state index is -0.805. The van der Waals surface area contributed by atoms with Crippen LogP contribution in [0, 0.1) is 0 Å². The third kappa shape index (κ3) is 41.8. The number of nitrogens with one attached hydrogen (secondary N) is 1. The monoisotopic (exact) mass is 824 g/mol. The number of allylic oxidation sites excluding steroid dienone is 12. The second-order valence-corrected chi connectivity index (χ2v) is 16.5. The lowest BCUT2D eigenvalue weighted by Gasteiger charge is -2.24. The summed E-state index contributed by atoms with van der Waals surface area (Å²) in [6, 6.07) is -0.723. The molecule has 0 aliphatic carbocycles. The fourth-order valence-corrected chi connectivity index (χ4v) is 7.05. The van der Waals surface area contributed by atoms with Crippen LogP contribution in [0.5, 0.6) is 0 Å². The lowest BCUT2D eigenvalue weighted by molar-refractivity contribution is -0.151. The molecule has 0 aromatic carbocycles. The fraction of sp³-hybridized carbons (Fsp3) is 0.736. The van der Waals surface area contributed by atoms with E-state index in [1.807, 2.05) is 0 Å². The minimum Gasteiger partial charge on any atom is -0.462 e. The topological polar surface area (TPSA) is 95.9 Å². The number of aliphatic hydroxyl groups excluding tert-OH is 2. The van der Waals surface area contributed by atoms with Gasteiger partial charge in [-0.05, 0) is 83.5 Å². The van der Waals surface area contributed by atoms with Crippen LogP contribution in [0.3, 0.4) is 0 Å². The van der Waals surface area contributed by atoms with Crippen LogP contribution >= 0.6 is 0 Å². The van der Waals surface area contributed by atoms with Crippen molar-refractivity contribution < 1.29 is 24.5 Å². The molecule has 0 aliphatic heterocycles. The molecule has 1 amide bonds. The van der Waals surface area contributed by atoms with Gasteiger partial charge in [-0.3, -0.25) is 9.59 Å². The number of ether oxygens (including phenoxy) is 1. The molecular weight excluding hydrogens is 731 g/mol. The molecule has 3 N–H and O–H groups in total. The van der Waals surface area contributed by atoms with Crippen LogP contribution < -0.4 is 5.32 Å². The molecule has 340 valence electrons. The van der Waals surface area contributed by atoms with Gasteiger partial charge in [0.05, 0.1) is 25.2 Å². The van der Waals surface area contributed by atoms with E-state index in [0.717, 1.165) is 96.3 Å². The van der Waals surface area contributed by atoms with Crippen LogP contribution in [-0.4, -0.2) is 46.9 Å². The summed E-state index contributed by atoms with van der Waals surface area (Å²) in [5.74, 6) is -0.546. The molecule has 0 bridgehead atoms. The van der Waals surface area contributed by atoms with Crippen molar-refractivity contribution in [1.82, 2.24) is 5.32 Å². The molecule has 59 heavy (non-hydrogen) atoms. The highest BCUT2D eigenvalue weighted by Crippen LogP contribution is 2.17. The first-order chi connectivity index (χ1) is 29.0. The summed E-state index contributed by atoms with van der Waals surface area (Å²) in [6.07, 6.45) is 58.2. The molecule has 0 rings (SSSR count). The smallest absolute Gasteiger partial charge is 0.306 e. The zero-order valence-corrected chi connectivity index (χ0v) is 38.6. The van der Waals surface area contributed by atoms with Crippen molar-refractivity contribution in [3.63, 3.8) is 0 Å². The van der Waals surface area contributed by atoms with Crippen LogP contribution in [0.15, 0.2) is 72.9 Å². The van der Waals surface area contributed by atoms with Gasteiger partial charge in [0.1, 0.15) is 6.10 Å². The summed E-state index contributed by atoms with van der Waals surface area (Å²) in [5.41, 5.74) is 0. The Morgan fingerprint density at radius 2 is 0.966 bits per heavy atom. The Labute approximate surface area is 364 Å². The zero-order valence-electron chi connectivity index (χ0n) is 38.6. The Balaban J connectivity index is 4.69. The van der Waals surface area contributed by atoms with Crippen LogP contribution in [0.25, 0.3) is 0 Å². The minimum absolute atomic E-state index is 0.0327. The molecule has 0 spiro atoms. The highest BCUT2D eigenvalue weighted by atomic mass is 16.5. The Kier molecular flexibility index (Phi) is 44.2. The summed E-state index contributed by atoms with van der Waals surface area (Å²) in [5, 5.41) is 23.7. The standard InChI is InChI=1S/C53H93NO5/c1-4-7-10-13-16-19-22-24-25-26-27-29-30-32-35-38-41-44-49(59-53(58)46-43-40-37-34-21-18-15-12-9-6-3)47-52(57)54-50(48-55)51(56)45-42-39-36-33-31-28-23-20-17-14-11-8-5-2/h7,10,12,15-16,19,24-25,27,29,32,35,49-51,55-56H,4-6,8-9,11,13-14,17-18,20-23,26,28,30-31,33-34,36-48H2,1-3H3,(H,54,57)/b10-7-,15-12-,19-16-,25-24-,29-27-,35-32-. The molecule has 6 heteroatoms. The molecule has 0 radical (unpaired) electrons. The van der Waals surface area contributed by atoms with E-state index in [9.17, 15) is 19.8 Å². The fourth-order valence-electron chi connectivity index (χ4n) is 7.05. The van der Waals surface area contributed by atoms with Gasteiger partial charge in [0.25, 0.3) is 0 Å². The van der Waals surface area contributed by atoms with Gasteiger partial charge < -0.3 is 20.3 Å². The van der Waals surface area contributed by atoms with E-state index in [1.165, 1.54) is 83.5 Å². The number of aliphatic hydroxyl groups is 2. The molecule has 0 fully saturated rings. The number of hydrogen-bond donors (Lipinski definition) is 3. The van der Waals surface area contributed by atoms with Crippen molar-refractivity contribution in [2.45, 2.75) is 244 Å². The van der Waals surface area contributed by atoms with Gasteiger partial charge >= 0.3 is 5.97 Å². The largest absolute Gasteiger partial charge is 0.462 e. The summed E-state index contributed by atoms with van der Waals surface area (Å²) in [7, 11) is 0. The summed E-state index contributed by atoms with van der Waals surface area (Å²) >= 11 is 0. The Bertz CT molecular complexity index is 1110. The van der Waals surface area contributed by atoms with Crippen molar-refractivity contribution in [1.29, 1.82) is 0 Å². The van der Waals surface area contributed by atoms with Gasteiger partial charge in [-0.15, -0.1) is 0 Å². The van der Waals surface area contributed by atoms with Crippen molar-refractivity contribution in [2.75, 3.05) is 6.61 Å². The second-order valence-electron chi connectivity index (χ2n) is 16.5. The third-order valence-corrected chi connectivity index (χ3v) is 10.8. The Morgan fingerprint density at radius 3 is 1.51 bits per heavy atom. The normalized spacial score (nSPS) is 13.9. The Morgan fingerprint density at radius 1 is 0.508 bits per heavy atom. The summed E-state index contributed by atoms with van der Waals surface area (Å²) in [4.78, 5) is 26.0. The van der Waals surface area contributed by atoms with Crippen LogP contribution in [0.2, 0.25) is 0 Å². The van der Waals surface area contributed by atoms with Gasteiger partial charge in [0, 0.05) is 6.42 Å². The molecule has 0 saturated carbocycles. The van der Waals surface area contributed by atoms with Crippen LogP contribution in [-0.2, 0) is 14.3 Å². The Hall–Kier alpha value is -2.70. The number of unbranched alkanes of at least 4 members (excludes halogenated alkanes) is 19. The molecular formula is C53H93NO5. The van der Waals surface area contributed by atoms with Crippen molar-refractivity contribution in [3.05, 3.63) is 72.9 Å². The molecule has 0 saturated heterocycles. The maximum atomic E-state index is 13.2. The SMILES string of the molecule is CC/C=C\C/C=C\C/C=C\C/C=C\C/C=C\CCCC(CC(=O)NC(CO)C(O)CCCCCCCCCCCCCCC)OC(=O)CCCCCCC/C=C\CCC. The first kappa shape index (κ1) is 56.3. The lowest BCUT2D eigenvalue weighted by atomic mass is 10.0. The average Bonchev–Trinajstić information content (AvgIpc) is 3.23. The first-order valence-electron chi connectivity index (χ1n) is 24.7. The highest BCUT2D eigenvalue weighted by Gasteiger charge is 2.24. The zero-order chi connectivity index (χ0) is 43.1. The van der Waals surface area contributed by atoms with Crippen molar-refractivity contribution in [3.8, 4) is 0 Å². The van der Waals surface area contributed by atoms with Gasteiger partial charge in [0.2, 0.25) is 5.91 Å². The van der Waals surface area contributed by atoms with Gasteiger partial charge in [-0.1, -0.05) is 203 Å². The number of rotatable bonds is 43. The van der Waals surface area contributed by atoms with Gasteiger partial charge in [-0.25, -0.2) is 0 Å². The average molecular weight is 824 g/mol. The molecule has 3 atom stereocenters. The van der Waals surface area contributed by atoms with Crippen LogP contribution in [0.1, 0.15) is 226 Å². The van der Waals surface area contributed by atoms with Gasteiger partial charge in [-0.2, -0.15) is 0 Å². The first-order valence-corrected chi connectivity index (χ1v) is 24.7. The number of carbonyl (C=O) groups is 2. The number of carbonyl (C=O) groups excluding carboxylic acids is 2. The number of amides is 1. The molecule has 6 nitrogen and oxygen atoms in total. The maximum Gasteiger partial charge on any atom is 0.306 e. The number of hydrogen-bond acceptors (Lipinski definition) is 5. The lowest BCUT2D eigenvalue weighted by Crippen LogP contribution is -2.46.